The summed E-state index contributed by atoms with van der Waals surface area (Å²) in [5, 5.41) is 12.9. The highest BCUT2D eigenvalue weighted by atomic mass is 35.5. The molecule has 2 rings (SSSR count). The second kappa shape index (κ2) is 5.13. The van der Waals surface area contributed by atoms with Crippen molar-refractivity contribution in [3.63, 3.8) is 0 Å². The molecule has 4 nitrogen and oxygen atoms in total. The Labute approximate surface area is 114 Å². The topological polar surface area (TPSA) is 74.7 Å². The van der Waals surface area contributed by atoms with E-state index in [-0.39, 0.29) is 5.69 Å². The van der Waals surface area contributed by atoms with Crippen LogP contribution in [0.1, 0.15) is 5.69 Å². The van der Waals surface area contributed by atoms with Crippen LogP contribution >= 0.6 is 23.2 Å². The van der Waals surface area contributed by atoms with Crippen LogP contribution < -0.4 is 11.1 Å². The van der Waals surface area contributed by atoms with E-state index in [9.17, 15) is 0 Å². The van der Waals surface area contributed by atoms with Crippen LogP contribution in [0.5, 0.6) is 0 Å². The predicted molar refractivity (Wildman–Crippen MR) is 73.1 cm³/mol. The molecule has 0 bridgehead atoms. The van der Waals surface area contributed by atoms with Crippen molar-refractivity contribution >= 4 is 40.4 Å². The molecule has 1 aromatic carbocycles. The van der Waals surface area contributed by atoms with E-state index >= 15 is 0 Å². The number of hydrogen-bond donors (Lipinski definition) is 2. The van der Waals surface area contributed by atoms with Crippen molar-refractivity contribution < 1.29 is 0 Å². The van der Waals surface area contributed by atoms with E-state index in [0.29, 0.717) is 27.2 Å². The van der Waals surface area contributed by atoms with Crippen molar-refractivity contribution in [1.29, 1.82) is 5.26 Å². The first-order valence-corrected chi connectivity index (χ1v) is 5.74. The van der Waals surface area contributed by atoms with E-state index < -0.39 is 0 Å². The number of nitriles is 1. The third kappa shape index (κ3) is 2.65. The SMILES string of the molecule is N#Cc1nc(Nc2cc(Cl)ccc2Cl)ccc1N. The van der Waals surface area contributed by atoms with Crippen LogP contribution in [-0.2, 0) is 0 Å². The molecule has 0 saturated heterocycles. The zero-order valence-corrected chi connectivity index (χ0v) is 10.6. The monoisotopic (exact) mass is 278 g/mol. The van der Waals surface area contributed by atoms with Crippen molar-refractivity contribution in [2.24, 2.45) is 0 Å². The third-order valence-corrected chi connectivity index (χ3v) is 2.79. The van der Waals surface area contributed by atoms with Gasteiger partial charge in [0, 0.05) is 5.02 Å². The normalized spacial score (nSPS) is 9.83. The molecule has 18 heavy (non-hydrogen) atoms. The van der Waals surface area contributed by atoms with Crippen LogP contribution in [0.2, 0.25) is 10.0 Å². The Morgan fingerprint density at radius 3 is 2.72 bits per heavy atom. The van der Waals surface area contributed by atoms with Crippen LogP contribution in [0.4, 0.5) is 17.2 Å². The summed E-state index contributed by atoms with van der Waals surface area (Å²) >= 11 is 11.9. The van der Waals surface area contributed by atoms with E-state index in [1.165, 1.54) is 0 Å². The lowest BCUT2D eigenvalue weighted by Gasteiger charge is -2.08. The first-order valence-electron chi connectivity index (χ1n) is 4.99. The van der Waals surface area contributed by atoms with Crippen LogP contribution in [0, 0.1) is 11.3 Å². The second-order valence-corrected chi connectivity index (χ2v) is 4.34. The first-order chi connectivity index (χ1) is 8.60. The van der Waals surface area contributed by atoms with Gasteiger partial charge in [-0.2, -0.15) is 5.26 Å². The standard InChI is InChI=1S/C12H8Cl2N4/c13-7-1-2-8(14)10(5-7)17-12-4-3-9(16)11(6-15)18-12/h1-5H,16H2,(H,17,18). The molecule has 0 fully saturated rings. The predicted octanol–water partition coefficient (Wildman–Crippen LogP) is 3.59. The molecule has 0 atom stereocenters. The Bertz CT molecular complexity index is 634. The number of rotatable bonds is 2. The van der Waals surface area contributed by atoms with E-state index in [2.05, 4.69) is 10.3 Å². The van der Waals surface area contributed by atoms with Crippen LogP contribution in [0.3, 0.4) is 0 Å². The van der Waals surface area contributed by atoms with Gasteiger partial charge in [-0.3, -0.25) is 0 Å². The molecular weight excluding hydrogens is 271 g/mol. The van der Waals surface area contributed by atoms with Crippen molar-refractivity contribution in [3.05, 3.63) is 46.1 Å². The van der Waals surface area contributed by atoms with Crippen molar-refractivity contribution in [1.82, 2.24) is 4.98 Å². The summed E-state index contributed by atoms with van der Waals surface area (Å²) in [6, 6.07) is 10.2. The molecule has 3 N–H and O–H groups in total. The summed E-state index contributed by atoms with van der Waals surface area (Å²) in [5.74, 6) is 0.477. The fourth-order valence-electron chi connectivity index (χ4n) is 1.36. The Kier molecular flexibility index (Phi) is 3.56. The average Bonchev–Trinajstić information content (AvgIpc) is 2.36. The van der Waals surface area contributed by atoms with E-state index in [0.717, 1.165) is 0 Å². The quantitative estimate of drug-likeness (QED) is 0.880. The molecule has 2 aromatic rings. The number of aromatic nitrogens is 1. The maximum atomic E-state index is 8.84. The highest BCUT2D eigenvalue weighted by Crippen LogP contribution is 2.28. The zero-order chi connectivity index (χ0) is 13.1. The Morgan fingerprint density at radius 2 is 2.00 bits per heavy atom. The number of nitrogens with one attached hydrogen (secondary N) is 1. The summed E-state index contributed by atoms with van der Waals surface area (Å²) in [6.45, 7) is 0. The molecule has 0 spiro atoms. The number of pyridine rings is 1. The molecule has 1 heterocycles. The minimum absolute atomic E-state index is 0.165. The Balaban J connectivity index is 2.34. The van der Waals surface area contributed by atoms with Gasteiger partial charge in [-0.25, -0.2) is 4.98 Å². The first kappa shape index (κ1) is 12.5. The smallest absolute Gasteiger partial charge is 0.165 e. The molecule has 0 saturated carbocycles. The number of anilines is 3. The molecular formula is C12H8Cl2N4. The van der Waals surface area contributed by atoms with Gasteiger partial charge in [0.15, 0.2) is 5.69 Å². The highest BCUT2D eigenvalue weighted by molar-refractivity contribution is 6.35. The fraction of sp³-hybridized carbons (Fsp3) is 0. The van der Waals surface area contributed by atoms with E-state index in [1.54, 1.807) is 30.3 Å². The largest absolute Gasteiger partial charge is 0.396 e. The van der Waals surface area contributed by atoms with Crippen LogP contribution in [0.15, 0.2) is 30.3 Å². The Hall–Kier alpha value is -1.96. The van der Waals surface area contributed by atoms with Gasteiger partial charge >= 0.3 is 0 Å². The third-order valence-electron chi connectivity index (χ3n) is 2.22. The minimum atomic E-state index is 0.165. The Morgan fingerprint density at radius 1 is 1.22 bits per heavy atom. The summed E-state index contributed by atoms with van der Waals surface area (Å²) in [5.41, 5.74) is 6.70. The lowest BCUT2D eigenvalue weighted by molar-refractivity contribution is 1.26. The second-order valence-electron chi connectivity index (χ2n) is 3.50. The van der Waals surface area contributed by atoms with E-state index in [4.69, 9.17) is 34.2 Å². The molecule has 0 aliphatic heterocycles. The minimum Gasteiger partial charge on any atom is -0.396 e. The van der Waals surface area contributed by atoms with Crippen molar-refractivity contribution in [3.8, 4) is 6.07 Å². The maximum Gasteiger partial charge on any atom is 0.165 e. The molecule has 0 unspecified atom stereocenters. The number of nitrogen functional groups attached to an aromatic ring is 1. The van der Waals surface area contributed by atoms with Gasteiger partial charge in [-0.05, 0) is 30.3 Å². The molecule has 0 aliphatic rings. The van der Waals surface area contributed by atoms with Gasteiger partial charge in [0.1, 0.15) is 11.9 Å². The summed E-state index contributed by atoms with van der Waals surface area (Å²) < 4.78 is 0. The van der Waals surface area contributed by atoms with Gasteiger partial charge in [0.25, 0.3) is 0 Å². The number of halogens is 2. The van der Waals surface area contributed by atoms with Gasteiger partial charge in [-0.1, -0.05) is 23.2 Å². The highest BCUT2D eigenvalue weighted by Gasteiger charge is 2.05. The maximum absolute atomic E-state index is 8.84. The summed E-state index contributed by atoms with van der Waals surface area (Å²) in [7, 11) is 0. The fourth-order valence-corrected chi connectivity index (χ4v) is 1.70. The van der Waals surface area contributed by atoms with Gasteiger partial charge in [0.2, 0.25) is 0 Å². The van der Waals surface area contributed by atoms with Crippen molar-refractivity contribution in [2.45, 2.75) is 0 Å². The lowest BCUT2D eigenvalue weighted by atomic mass is 10.3. The molecule has 6 heteroatoms. The summed E-state index contributed by atoms with van der Waals surface area (Å²) in [4.78, 5) is 4.06. The molecule has 0 aliphatic carbocycles. The number of hydrogen-bond acceptors (Lipinski definition) is 4. The number of nitrogens with two attached hydrogens (primary N) is 1. The van der Waals surface area contributed by atoms with Gasteiger partial charge < -0.3 is 11.1 Å². The molecule has 1 aromatic heterocycles. The van der Waals surface area contributed by atoms with Crippen molar-refractivity contribution in [2.75, 3.05) is 11.1 Å². The summed E-state index contributed by atoms with van der Waals surface area (Å²) in [6.07, 6.45) is 0. The van der Waals surface area contributed by atoms with E-state index in [1.807, 2.05) is 6.07 Å². The molecule has 0 radical (unpaired) electrons. The lowest BCUT2D eigenvalue weighted by Crippen LogP contribution is -1.99. The van der Waals surface area contributed by atoms with Crippen LogP contribution in [0.25, 0.3) is 0 Å². The molecule has 90 valence electrons. The average molecular weight is 279 g/mol. The van der Waals surface area contributed by atoms with Crippen LogP contribution in [-0.4, -0.2) is 4.98 Å². The molecule has 0 amide bonds. The number of nitrogens with zero attached hydrogens (tertiary/aromatic N) is 2. The zero-order valence-electron chi connectivity index (χ0n) is 9.11. The van der Waals surface area contributed by atoms with Gasteiger partial charge in [-0.15, -0.1) is 0 Å². The number of benzene rings is 1. The van der Waals surface area contributed by atoms with Gasteiger partial charge in [0.05, 0.1) is 16.4 Å².